The lowest BCUT2D eigenvalue weighted by atomic mass is 10.1. The minimum absolute atomic E-state index is 0.358. The molecule has 2 heterocycles. The SMILES string of the molecule is CCCCNC(=S)Nc1scc(-c2cccs2)c1C(=O)OC. The van der Waals surface area contributed by atoms with Crippen molar-refractivity contribution in [2.75, 3.05) is 19.0 Å². The smallest absolute Gasteiger partial charge is 0.341 e. The van der Waals surface area contributed by atoms with Crippen molar-refractivity contribution < 1.29 is 9.53 Å². The van der Waals surface area contributed by atoms with Crippen LogP contribution in [-0.2, 0) is 4.74 Å². The molecule has 0 aromatic carbocycles. The van der Waals surface area contributed by atoms with Crippen molar-refractivity contribution >= 4 is 51.0 Å². The summed E-state index contributed by atoms with van der Waals surface area (Å²) in [6.45, 7) is 2.94. The Labute approximate surface area is 143 Å². The first-order valence-corrected chi connectivity index (χ1v) is 9.12. The second-order valence-corrected chi connectivity index (χ2v) is 6.79. The first kappa shape index (κ1) is 16.9. The van der Waals surface area contributed by atoms with Crippen LogP contribution in [-0.4, -0.2) is 24.7 Å². The number of unbranched alkanes of at least 4 members (excludes halogenated alkanes) is 1. The zero-order valence-electron chi connectivity index (χ0n) is 12.5. The van der Waals surface area contributed by atoms with E-state index in [1.54, 1.807) is 11.3 Å². The molecule has 0 bridgehead atoms. The van der Waals surface area contributed by atoms with Crippen LogP contribution < -0.4 is 10.6 Å². The van der Waals surface area contributed by atoms with Gasteiger partial charge in [0.05, 0.1) is 7.11 Å². The molecule has 2 N–H and O–H groups in total. The molecule has 0 unspecified atom stereocenters. The number of ether oxygens (including phenoxy) is 1. The summed E-state index contributed by atoms with van der Waals surface area (Å²) in [5, 5.41) is 11.4. The first-order chi connectivity index (χ1) is 10.7. The van der Waals surface area contributed by atoms with Crippen LogP contribution in [0.4, 0.5) is 5.00 Å². The van der Waals surface area contributed by atoms with Gasteiger partial charge in [0, 0.05) is 22.4 Å². The average molecular weight is 355 g/mol. The minimum Gasteiger partial charge on any atom is -0.465 e. The van der Waals surface area contributed by atoms with Gasteiger partial charge in [-0.1, -0.05) is 19.4 Å². The molecule has 0 aliphatic carbocycles. The monoisotopic (exact) mass is 354 g/mol. The molecule has 0 fully saturated rings. The summed E-state index contributed by atoms with van der Waals surface area (Å²) >= 11 is 8.32. The van der Waals surface area contributed by atoms with E-state index in [-0.39, 0.29) is 5.97 Å². The molecule has 2 aromatic heterocycles. The van der Waals surface area contributed by atoms with Crippen LogP contribution in [0.2, 0.25) is 0 Å². The third-order valence-corrected chi connectivity index (χ3v) is 5.06. The third-order valence-electron chi connectivity index (χ3n) is 3.01. The van der Waals surface area contributed by atoms with Crippen LogP contribution in [0.3, 0.4) is 0 Å². The quantitative estimate of drug-likeness (QED) is 0.459. The number of carbonyl (C=O) groups is 1. The molecule has 0 spiro atoms. The van der Waals surface area contributed by atoms with Crippen molar-refractivity contribution in [2.24, 2.45) is 0 Å². The van der Waals surface area contributed by atoms with E-state index in [1.807, 2.05) is 22.9 Å². The van der Waals surface area contributed by atoms with E-state index in [0.29, 0.717) is 15.7 Å². The Kier molecular flexibility index (Phi) is 6.35. The summed E-state index contributed by atoms with van der Waals surface area (Å²) in [6.07, 6.45) is 2.15. The van der Waals surface area contributed by atoms with Gasteiger partial charge in [-0.2, -0.15) is 0 Å². The molecule has 0 aliphatic rings. The van der Waals surface area contributed by atoms with Gasteiger partial charge in [0.1, 0.15) is 10.6 Å². The van der Waals surface area contributed by atoms with Crippen LogP contribution in [0.15, 0.2) is 22.9 Å². The molecule has 0 radical (unpaired) electrons. The van der Waals surface area contributed by atoms with Gasteiger partial charge in [0.25, 0.3) is 0 Å². The number of esters is 1. The van der Waals surface area contributed by atoms with E-state index in [4.69, 9.17) is 17.0 Å². The minimum atomic E-state index is -0.358. The Bertz CT molecular complexity index is 635. The highest BCUT2D eigenvalue weighted by Gasteiger charge is 2.22. The molecular weight excluding hydrogens is 336 g/mol. The van der Waals surface area contributed by atoms with Gasteiger partial charge in [-0.25, -0.2) is 4.79 Å². The zero-order chi connectivity index (χ0) is 15.9. The lowest BCUT2D eigenvalue weighted by molar-refractivity contribution is 0.0603. The molecule has 0 saturated heterocycles. The van der Waals surface area contributed by atoms with E-state index in [2.05, 4.69) is 17.6 Å². The Morgan fingerprint density at radius 2 is 2.23 bits per heavy atom. The van der Waals surface area contributed by atoms with E-state index < -0.39 is 0 Å². The summed E-state index contributed by atoms with van der Waals surface area (Å²) in [6, 6.07) is 3.95. The third kappa shape index (κ3) is 4.06. The van der Waals surface area contributed by atoms with Gasteiger partial charge < -0.3 is 15.4 Å². The van der Waals surface area contributed by atoms with Crippen LogP contribution >= 0.6 is 34.9 Å². The largest absolute Gasteiger partial charge is 0.465 e. The number of carbonyl (C=O) groups excluding carboxylic acids is 1. The molecule has 118 valence electrons. The standard InChI is InChI=1S/C15H18N2O2S3/c1-3-4-7-16-15(20)17-13-12(14(18)19-2)10(9-22-13)11-6-5-8-21-11/h5-6,8-9H,3-4,7H2,1-2H3,(H2,16,17,20). The average Bonchev–Trinajstić information content (AvgIpc) is 3.15. The molecule has 2 rings (SSSR count). The second kappa shape index (κ2) is 8.26. The van der Waals surface area contributed by atoms with Crippen molar-refractivity contribution in [1.29, 1.82) is 0 Å². The van der Waals surface area contributed by atoms with Crippen LogP contribution in [0.5, 0.6) is 0 Å². The number of rotatable bonds is 6. The fraction of sp³-hybridized carbons (Fsp3) is 0.333. The Morgan fingerprint density at radius 3 is 2.86 bits per heavy atom. The topological polar surface area (TPSA) is 50.4 Å². The van der Waals surface area contributed by atoms with Crippen molar-refractivity contribution in [3.8, 4) is 10.4 Å². The molecule has 0 aliphatic heterocycles. The predicted molar refractivity (Wildman–Crippen MR) is 98.1 cm³/mol. The normalized spacial score (nSPS) is 10.3. The summed E-state index contributed by atoms with van der Waals surface area (Å²) in [5.41, 5.74) is 1.42. The van der Waals surface area contributed by atoms with Crippen molar-refractivity contribution in [3.63, 3.8) is 0 Å². The fourth-order valence-electron chi connectivity index (χ4n) is 1.89. The lowest BCUT2D eigenvalue weighted by Crippen LogP contribution is -2.29. The van der Waals surface area contributed by atoms with Gasteiger partial charge >= 0.3 is 5.97 Å². The Balaban J connectivity index is 2.21. The van der Waals surface area contributed by atoms with Gasteiger partial charge in [0.15, 0.2) is 5.11 Å². The predicted octanol–water partition coefficient (Wildman–Crippen LogP) is 4.35. The fourth-order valence-corrected chi connectivity index (χ4v) is 3.94. The maximum atomic E-state index is 12.1. The summed E-state index contributed by atoms with van der Waals surface area (Å²) < 4.78 is 4.92. The van der Waals surface area contributed by atoms with Crippen molar-refractivity contribution in [2.45, 2.75) is 19.8 Å². The molecule has 0 amide bonds. The molecule has 22 heavy (non-hydrogen) atoms. The maximum Gasteiger partial charge on any atom is 0.341 e. The molecule has 0 saturated carbocycles. The van der Waals surface area contributed by atoms with Crippen LogP contribution in [0.25, 0.3) is 10.4 Å². The van der Waals surface area contributed by atoms with Crippen molar-refractivity contribution in [3.05, 3.63) is 28.5 Å². The number of hydrogen-bond donors (Lipinski definition) is 2. The summed E-state index contributed by atoms with van der Waals surface area (Å²) in [4.78, 5) is 13.2. The molecular formula is C15H18N2O2S3. The molecule has 0 atom stereocenters. The molecule has 2 aromatic rings. The van der Waals surface area contributed by atoms with Crippen LogP contribution in [0, 0.1) is 0 Å². The van der Waals surface area contributed by atoms with Crippen molar-refractivity contribution in [1.82, 2.24) is 5.32 Å². The zero-order valence-corrected chi connectivity index (χ0v) is 14.9. The van der Waals surface area contributed by atoms with Gasteiger partial charge in [0.2, 0.25) is 0 Å². The first-order valence-electron chi connectivity index (χ1n) is 6.95. The number of hydrogen-bond acceptors (Lipinski definition) is 5. The van der Waals surface area contributed by atoms with Gasteiger partial charge in [-0.05, 0) is 30.1 Å². The number of thiophene rings is 2. The molecule has 7 heteroatoms. The highest BCUT2D eigenvalue weighted by molar-refractivity contribution is 7.80. The highest BCUT2D eigenvalue weighted by atomic mass is 32.1. The van der Waals surface area contributed by atoms with E-state index in [9.17, 15) is 4.79 Å². The number of thiocarbonyl (C=S) groups is 1. The van der Waals surface area contributed by atoms with E-state index in [1.165, 1.54) is 18.4 Å². The Morgan fingerprint density at radius 1 is 1.41 bits per heavy atom. The van der Waals surface area contributed by atoms with E-state index in [0.717, 1.165) is 29.8 Å². The summed E-state index contributed by atoms with van der Waals surface area (Å²) in [5.74, 6) is -0.358. The summed E-state index contributed by atoms with van der Waals surface area (Å²) in [7, 11) is 1.39. The Hall–Kier alpha value is -1.44. The second-order valence-electron chi connectivity index (χ2n) is 4.56. The van der Waals surface area contributed by atoms with Gasteiger partial charge in [-0.3, -0.25) is 0 Å². The number of nitrogens with one attached hydrogen (secondary N) is 2. The number of methoxy groups -OCH3 is 1. The highest BCUT2D eigenvalue weighted by Crippen LogP contribution is 2.38. The van der Waals surface area contributed by atoms with E-state index >= 15 is 0 Å². The van der Waals surface area contributed by atoms with Gasteiger partial charge in [-0.15, -0.1) is 22.7 Å². The lowest BCUT2D eigenvalue weighted by Gasteiger charge is -2.10. The van der Waals surface area contributed by atoms with Crippen LogP contribution in [0.1, 0.15) is 30.1 Å². The molecule has 4 nitrogen and oxygen atoms in total. The number of anilines is 1. The maximum absolute atomic E-state index is 12.1.